The number of thioether (sulfide) groups is 1. The van der Waals surface area contributed by atoms with Gasteiger partial charge in [-0.2, -0.15) is 0 Å². The average Bonchev–Trinajstić information content (AvgIpc) is 2.75. The molecule has 0 aliphatic carbocycles. The molecule has 5 nitrogen and oxygen atoms in total. The fraction of sp³-hybridized carbons (Fsp3) is 0.423. The lowest BCUT2D eigenvalue weighted by Crippen LogP contribution is -2.42. The molecular weight excluding hydrogens is 422 g/mol. The van der Waals surface area contributed by atoms with Gasteiger partial charge < -0.3 is 10.4 Å². The second-order valence-corrected chi connectivity index (χ2v) is 8.08. The van der Waals surface area contributed by atoms with Gasteiger partial charge in [0.25, 0.3) is 0 Å². The lowest BCUT2D eigenvalue weighted by atomic mass is 10.2. The molecule has 2 N–H and O–H groups in total. The van der Waals surface area contributed by atoms with E-state index in [0.717, 1.165) is 43.9 Å². The molecule has 0 aliphatic rings. The van der Waals surface area contributed by atoms with E-state index in [-0.39, 0.29) is 23.2 Å². The van der Waals surface area contributed by atoms with Crippen LogP contribution in [0.5, 0.6) is 0 Å². The van der Waals surface area contributed by atoms with Gasteiger partial charge in [0.1, 0.15) is 6.04 Å². The van der Waals surface area contributed by atoms with E-state index < -0.39 is 12.0 Å². The number of carboxylic acids is 1. The van der Waals surface area contributed by atoms with E-state index in [0.29, 0.717) is 6.42 Å². The number of nitrogens with one attached hydrogen (secondary N) is 1. The van der Waals surface area contributed by atoms with E-state index in [2.05, 4.69) is 66.9 Å². The Labute approximate surface area is 197 Å². The van der Waals surface area contributed by atoms with Crippen molar-refractivity contribution < 1.29 is 19.5 Å². The maximum Gasteiger partial charge on any atom is 0.327 e. The highest BCUT2D eigenvalue weighted by Crippen LogP contribution is 2.05. The normalized spacial score (nSPS) is 13.4. The topological polar surface area (TPSA) is 83.5 Å². The van der Waals surface area contributed by atoms with Crippen LogP contribution < -0.4 is 5.32 Å². The SMILES string of the molecule is CC/C=C\C/C=C\C/C=C\C/C=C\C/C=C\C/C=C\CC(=O)N[C@H](CSC(C)=O)C(=O)O. The molecule has 0 aromatic heterocycles. The van der Waals surface area contributed by atoms with Crippen LogP contribution in [-0.2, 0) is 14.4 Å². The summed E-state index contributed by atoms with van der Waals surface area (Å²) in [5.74, 6) is -1.49. The molecule has 0 aromatic rings. The monoisotopic (exact) mass is 459 g/mol. The molecule has 6 heteroatoms. The van der Waals surface area contributed by atoms with E-state index >= 15 is 0 Å². The van der Waals surface area contributed by atoms with Gasteiger partial charge in [0.2, 0.25) is 5.91 Å². The maximum absolute atomic E-state index is 11.8. The first-order valence-electron chi connectivity index (χ1n) is 11.0. The van der Waals surface area contributed by atoms with Gasteiger partial charge in [-0.15, -0.1) is 0 Å². The van der Waals surface area contributed by atoms with Crippen molar-refractivity contribution in [2.24, 2.45) is 0 Å². The van der Waals surface area contributed by atoms with Crippen LogP contribution in [0.3, 0.4) is 0 Å². The zero-order valence-electron chi connectivity index (χ0n) is 19.2. The highest BCUT2D eigenvalue weighted by Gasteiger charge is 2.19. The Hall–Kier alpha value is -2.60. The second-order valence-electron chi connectivity index (χ2n) is 6.88. The molecule has 1 atom stereocenters. The van der Waals surface area contributed by atoms with E-state index in [9.17, 15) is 14.4 Å². The molecule has 0 aromatic carbocycles. The number of hydrogen-bond acceptors (Lipinski definition) is 4. The summed E-state index contributed by atoms with van der Waals surface area (Å²) in [4.78, 5) is 33.9. The van der Waals surface area contributed by atoms with Gasteiger partial charge in [-0.1, -0.05) is 91.6 Å². The van der Waals surface area contributed by atoms with Crippen molar-refractivity contribution in [3.8, 4) is 0 Å². The molecule has 0 saturated carbocycles. The molecule has 0 unspecified atom stereocenters. The van der Waals surface area contributed by atoms with Crippen molar-refractivity contribution in [1.29, 1.82) is 0 Å². The van der Waals surface area contributed by atoms with Crippen LogP contribution in [0.4, 0.5) is 0 Å². The summed E-state index contributed by atoms with van der Waals surface area (Å²) in [6.07, 6.45) is 30.6. The molecule has 0 spiro atoms. The minimum Gasteiger partial charge on any atom is -0.480 e. The summed E-state index contributed by atoms with van der Waals surface area (Å²) in [5, 5.41) is 11.3. The van der Waals surface area contributed by atoms with Crippen molar-refractivity contribution in [3.05, 3.63) is 72.9 Å². The van der Waals surface area contributed by atoms with Crippen LogP contribution in [0.2, 0.25) is 0 Å². The number of amides is 1. The molecule has 32 heavy (non-hydrogen) atoms. The molecular formula is C26H37NO4S. The summed E-state index contributed by atoms with van der Waals surface area (Å²) in [5.41, 5.74) is 0. The van der Waals surface area contributed by atoms with Crippen LogP contribution in [0.15, 0.2) is 72.9 Å². The first-order valence-corrected chi connectivity index (χ1v) is 12.0. The summed E-state index contributed by atoms with van der Waals surface area (Å²) >= 11 is 0.885. The highest BCUT2D eigenvalue weighted by molar-refractivity contribution is 8.13. The van der Waals surface area contributed by atoms with Gasteiger partial charge in [-0.25, -0.2) is 4.79 Å². The van der Waals surface area contributed by atoms with Gasteiger partial charge in [0.05, 0.1) is 0 Å². The fourth-order valence-electron chi connectivity index (χ4n) is 2.34. The first-order chi connectivity index (χ1) is 15.5. The Morgan fingerprint density at radius 3 is 1.53 bits per heavy atom. The number of allylic oxidation sites excluding steroid dienone is 11. The summed E-state index contributed by atoms with van der Waals surface area (Å²) in [6.45, 7) is 3.50. The number of carbonyl (C=O) groups excluding carboxylic acids is 2. The van der Waals surface area contributed by atoms with Crippen LogP contribution in [0.1, 0.15) is 58.8 Å². The zero-order chi connectivity index (χ0) is 23.9. The van der Waals surface area contributed by atoms with Crippen molar-refractivity contribution >= 4 is 28.8 Å². The Kier molecular flexibility index (Phi) is 19.9. The molecule has 0 saturated heterocycles. The van der Waals surface area contributed by atoms with E-state index in [1.54, 1.807) is 6.08 Å². The van der Waals surface area contributed by atoms with Crippen molar-refractivity contribution in [3.63, 3.8) is 0 Å². The molecule has 0 heterocycles. The number of carbonyl (C=O) groups is 3. The maximum atomic E-state index is 11.8. The third kappa shape index (κ3) is 20.7. The van der Waals surface area contributed by atoms with Crippen LogP contribution >= 0.6 is 11.8 Å². The smallest absolute Gasteiger partial charge is 0.327 e. The molecule has 0 fully saturated rings. The minimum absolute atomic E-state index is 0.0279. The predicted octanol–water partition coefficient (Wildman–Crippen LogP) is 5.92. The van der Waals surface area contributed by atoms with Gasteiger partial charge in [0, 0.05) is 19.1 Å². The van der Waals surface area contributed by atoms with E-state index in [1.165, 1.54) is 6.92 Å². The first kappa shape index (κ1) is 29.4. The Bertz CT molecular complexity index is 717. The quantitative estimate of drug-likeness (QED) is 0.264. The molecule has 0 bridgehead atoms. The van der Waals surface area contributed by atoms with Gasteiger partial charge in [-0.05, 0) is 38.5 Å². The van der Waals surface area contributed by atoms with Crippen molar-refractivity contribution in [2.75, 3.05) is 5.75 Å². The van der Waals surface area contributed by atoms with Crippen molar-refractivity contribution in [2.45, 2.75) is 64.8 Å². The third-order valence-corrected chi connectivity index (χ3v) is 4.89. The fourth-order valence-corrected chi connectivity index (χ4v) is 2.97. The average molecular weight is 460 g/mol. The van der Waals surface area contributed by atoms with Crippen molar-refractivity contribution in [1.82, 2.24) is 5.32 Å². The summed E-state index contributed by atoms with van der Waals surface area (Å²) < 4.78 is 0. The van der Waals surface area contributed by atoms with E-state index in [4.69, 9.17) is 5.11 Å². The molecule has 1 amide bonds. The minimum atomic E-state index is -1.14. The van der Waals surface area contributed by atoms with Gasteiger partial charge in [0.15, 0.2) is 5.12 Å². The van der Waals surface area contributed by atoms with Crippen LogP contribution in [0, 0.1) is 0 Å². The third-order valence-electron chi connectivity index (χ3n) is 3.99. The molecule has 0 aliphatic heterocycles. The van der Waals surface area contributed by atoms with Gasteiger partial charge >= 0.3 is 5.97 Å². The number of rotatable bonds is 17. The predicted molar refractivity (Wildman–Crippen MR) is 136 cm³/mol. The summed E-state index contributed by atoms with van der Waals surface area (Å²) in [7, 11) is 0. The zero-order valence-corrected chi connectivity index (χ0v) is 20.1. The Balaban J connectivity index is 3.87. The van der Waals surface area contributed by atoms with E-state index in [1.807, 2.05) is 12.2 Å². The number of carboxylic acid groups (broad SMARTS) is 1. The largest absolute Gasteiger partial charge is 0.480 e. The Morgan fingerprint density at radius 1 is 0.750 bits per heavy atom. The second kappa shape index (κ2) is 21.6. The number of hydrogen-bond donors (Lipinski definition) is 2. The molecule has 0 radical (unpaired) electrons. The van der Waals surface area contributed by atoms with Crippen LogP contribution in [-0.4, -0.2) is 33.9 Å². The van der Waals surface area contributed by atoms with Crippen LogP contribution in [0.25, 0.3) is 0 Å². The Morgan fingerprint density at radius 2 is 1.16 bits per heavy atom. The summed E-state index contributed by atoms with van der Waals surface area (Å²) in [6, 6.07) is -1.06. The lowest BCUT2D eigenvalue weighted by Gasteiger charge is -2.12. The number of aliphatic carboxylic acids is 1. The molecule has 176 valence electrons. The lowest BCUT2D eigenvalue weighted by molar-refractivity contribution is -0.141. The highest BCUT2D eigenvalue weighted by atomic mass is 32.2. The van der Waals surface area contributed by atoms with Gasteiger partial charge in [-0.3, -0.25) is 9.59 Å². The standard InChI is InChI=1S/C26H37NO4S/c1-3-4-5-6-7-8-9-10-11-12-13-14-15-16-17-18-19-20-21-25(29)27-24(26(30)31)22-32-23(2)28/h4-5,7-8,10-11,13-14,16-17,19-20,24H,3,6,9,12,15,18,21-22H2,1-2H3,(H,27,29)(H,30,31)/b5-4-,8-7-,11-10-,14-13-,17-16-,20-19-/t24-/m1/s1. The molecule has 0 rings (SSSR count).